The van der Waals surface area contributed by atoms with Gasteiger partial charge in [0.1, 0.15) is 11.7 Å². The lowest BCUT2D eigenvalue weighted by Crippen LogP contribution is -2.28. The summed E-state index contributed by atoms with van der Waals surface area (Å²) in [6.45, 7) is 0. The Morgan fingerprint density at radius 3 is 2.67 bits per heavy atom. The van der Waals surface area contributed by atoms with Crippen LogP contribution in [0.2, 0.25) is 0 Å². The van der Waals surface area contributed by atoms with Crippen molar-refractivity contribution < 1.29 is 28.6 Å². The second kappa shape index (κ2) is 3.81. The Balaban J connectivity index is 2.63. The molecule has 2 rings (SSSR count). The summed E-state index contributed by atoms with van der Waals surface area (Å²) in [6, 6.07) is 3.62. The van der Waals surface area contributed by atoms with Crippen molar-refractivity contribution in [2.45, 2.75) is 11.8 Å². The van der Waals surface area contributed by atoms with Crippen LogP contribution in [0.15, 0.2) is 18.2 Å². The lowest BCUT2D eigenvalue weighted by molar-refractivity contribution is -0.130. The van der Waals surface area contributed by atoms with E-state index in [1.165, 1.54) is 12.1 Å². The molecule has 1 aromatic rings. The molecule has 0 spiro atoms. The van der Waals surface area contributed by atoms with Gasteiger partial charge >= 0.3 is 11.9 Å². The van der Waals surface area contributed by atoms with E-state index in [1.807, 2.05) is 5.92 Å². The van der Waals surface area contributed by atoms with Crippen molar-refractivity contribution in [2.75, 3.05) is 0 Å². The number of hydrogen-bond acceptors (Lipinski definition) is 3. The van der Waals surface area contributed by atoms with Crippen molar-refractivity contribution >= 4 is 11.8 Å². The number of carbonyl (C=O) groups is 2. The van der Waals surface area contributed by atoms with Crippen molar-refractivity contribution in [3.63, 3.8) is 0 Å². The molecule has 0 heterocycles. The molecule has 0 aliphatic heterocycles. The summed E-state index contributed by atoms with van der Waals surface area (Å²) in [5.41, 5.74) is -0.647. The van der Waals surface area contributed by atoms with E-state index in [1.54, 1.807) is 5.92 Å². The number of phenolic OH excluding ortho intramolecular Hbond substituents is 1. The standard InChI is InChI=1S/C12H6F2O4/c13-12(14)7(4-5-9(16)17)6-2-1-3-8(15)10(6)11(12)18/h1-3,7,15H,(H,16,17). The number of fused-ring (bicyclic) bond motifs is 1. The molecule has 0 bridgehead atoms. The minimum atomic E-state index is -3.83. The molecule has 0 saturated carbocycles. The van der Waals surface area contributed by atoms with Crippen molar-refractivity contribution in [1.29, 1.82) is 0 Å². The first-order valence-electron chi connectivity index (χ1n) is 4.84. The number of aromatic hydroxyl groups is 1. The van der Waals surface area contributed by atoms with E-state index in [0.717, 1.165) is 6.07 Å². The molecule has 6 heteroatoms. The highest BCUT2D eigenvalue weighted by Crippen LogP contribution is 2.46. The number of hydrogen-bond donors (Lipinski definition) is 2. The summed E-state index contributed by atoms with van der Waals surface area (Å²) in [7, 11) is 0. The van der Waals surface area contributed by atoms with Gasteiger partial charge in [0.05, 0.1) is 5.56 Å². The number of halogens is 2. The zero-order chi connectivity index (χ0) is 13.5. The van der Waals surface area contributed by atoms with Gasteiger partial charge in [0.25, 0.3) is 0 Å². The summed E-state index contributed by atoms with van der Waals surface area (Å²) in [6.07, 6.45) is 0. The summed E-state index contributed by atoms with van der Waals surface area (Å²) < 4.78 is 27.3. The van der Waals surface area contributed by atoms with Gasteiger partial charge in [-0.2, -0.15) is 8.78 Å². The number of carboxylic acids is 1. The van der Waals surface area contributed by atoms with Gasteiger partial charge in [-0.1, -0.05) is 18.1 Å². The molecular weight excluding hydrogens is 246 g/mol. The highest BCUT2D eigenvalue weighted by atomic mass is 19.3. The van der Waals surface area contributed by atoms with Gasteiger partial charge < -0.3 is 10.2 Å². The quantitative estimate of drug-likeness (QED) is 0.684. The summed E-state index contributed by atoms with van der Waals surface area (Å²) in [4.78, 5) is 21.7. The monoisotopic (exact) mass is 252 g/mol. The molecule has 4 nitrogen and oxygen atoms in total. The van der Waals surface area contributed by atoms with Gasteiger partial charge in [-0.3, -0.25) is 4.79 Å². The topological polar surface area (TPSA) is 74.6 Å². The number of Topliss-reactive ketones (excluding diaryl/α,β-unsaturated/α-hetero) is 1. The second-order valence-corrected chi connectivity index (χ2v) is 3.70. The third-order valence-corrected chi connectivity index (χ3v) is 2.60. The van der Waals surface area contributed by atoms with Crippen LogP contribution in [0.25, 0.3) is 0 Å². The first-order valence-corrected chi connectivity index (χ1v) is 4.84. The van der Waals surface area contributed by atoms with E-state index >= 15 is 0 Å². The molecule has 1 aliphatic rings. The van der Waals surface area contributed by atoms with E-state index in [4.69, 9.17) is 5.11 Å². The molecule has 18 heavy (non-hydrogen) atoms. The Labute approximate surface area is 99.9 Å². The number of rotatable bonds is 0. The van der Waals surface area contributed by atoms with Crippen molar-refractivity contribution in [3.8, 4) is 17.6 Å². The van der Waals surface area contributed by atoms with E-state index in [2.05, 4.69) is 0 Å². The van der Waals surface area contributed by atoms with E-state index in [9.17, 15) is 23.5 Å². The van der Waals surface area contributed by atoms with Crippen LogP contribution in [0.1, 0.15) is 21.8 Å². The van der Waals surface area contributed by atoms with Gasteiger partial charge in [-0.05, 0) is 11.6 Å². The lowest BCUT2D eigenvalue weighted by Gasteiger charge is -2.11. The Bertz CT molecular complexity index is 610. The normalized spacial score (nSPS) is 19.9. The van der Waals surface area contributed by atoms with Crippen LogP contribution in [0, 0.1) is 11.8 Å². The van der Waals surface area contributed by atoms with Crippen molar-refractivity contribution in [3.05, 3.63) is 29.3 Å². The van der Waals surface area contributed by atoms with Crippen LogP contribution in [-0.2, 0) is 4.79 Å². The summed E-state index contributed by atoms with van der Waals surface area (Å²) in [5, 5.41) is 17.8. The van der Waals surface area contributed by atoms with Crippen molar-refractivity contribution in [1.82, 2.24) is 0 Å². The molecule has 1 aromatic carbocycles. The predicted molar refractivity (Wildman–Crippen MR) is 55.5 cm³/mol. The summed E-state index contributed by atoms with van der Waals surface area (Å²) >= 11 is 0. The zero-order valence-corrected chi connectivity index (χ0v) is 8.78. The number of alkyl halides is 2. The van der Waals surface area contributed by atoms with Gasteiger partial charge in [0.2, 0.25) is 5.78 Å². The number of aliphatic carboxylic acids is 1. The van der Waals surface area contributed by atoms with Gasteiger partial charge in [0, 0.05) is 5.92 Å². The second-order valence-electron chi connectivity index (χ2n) is 3.70. The molecule has 1 aliphatic carbocycles. The lowest BCUT2D eigenvalue weighted by atomic mass is 10.00. The number of phenols is 1. The average Bonchev–Trinajstić information content (AvgIpc) is 2.46. The van der Waals surface area contributed by atoms with Crippen LogP contribution in [0.3, 0.4) is 0 Å². The maximum absolute atomic E-state index is 13.7. The van der Waals surface area contributed by atoms with Crippen LogP contribution in [-0.4, -0.2) is 27.9 Å². The fourth-order valence-corrected chi connectivity index (χ4v) is 1.84. The van der Waals surface area contributed by atoms with Crippen molar-refractivity contribution in [2.24, 2.45) is 0 Å². The maximum Gasteiger partial charge on any atom is 0.381 e. The molecule has 1 atom stereocenters. The summed E-state index contributed by atoms with van der Waals surface area (Å²) in [5.74, 6) is -5.91. The Morgan fingerprint density at radius 2 is 2.06 bits per heavy atom. The number of carboxylic acid groups (broad SMARTS) is 1. The van der Waals surface area contributed by atoms with Crippen LogP contribution in [0.5, 0.6) is 5.75 Å². The first-order chi connectivity index (χ1) is 8.35. The highest BCUT2D eigenvalue weighted by molar-refractivity contribution is 6.09. The predicted octanol–water partition coefficient (Wildman–Crippen LogP) is 1.40. The van der Waals surface area contributed by atoms with Gasteiger partial charge in [-0.25, -0.2) is 4.79 Å². The van der Waals surface area contributed by atoms with E-state index in [0.29, 0.717) is 0 Å². The van der Waals surface area contributed by atoms with Gasteiger partial charge in [0.15, 0.2) is 0 Å². The zero-order valence-electron chi connectivity index (χ0n) is 8.78. The number of benzene rings is 1. The highest BCUT2D eigenvalue weighted by Gasteiger charge is 2.55. The number of ketones is 1. The fourth-order valence-electron chi connectivity index (χ4n) is 1.84. The molecule has 0 fully saturated rings. The molecule has 1 unspecified atom stereocenters. The minimum Gasteiger partial charge on any atom is -0.507 e. The minimum absolute atomic E-state index is 0.154. The Hall–Kier alpha value is -2.42. The Kier molecular flexibility index (Phi) is 2.55. The maximum atomic E-state index is 13.7. The Morgan fingerprint density at radius 1 is 1.39 bits per heavy atom. The molecule has 2 N–H and O–H groups in total. The molecule has 0 amide bonds. The molecule has 0 saturated heterocycles. The SMILES string of the molecule is O=C(O)C#CC1c2cccc(O)c2C(=O)C1(F)F. The van der Waals surface area contributed by atoms with E-state index in [-0.39, 0.29) is 5.56 Å². The molecular formula is C12H6F2O4. The first kappa shape index (κ1) is 12.0. The number of carbonyl (C=O) groups excluding carboxylic acids is 1. The largest absolute Gasteiger partial charge is 0.507 e. The molecule has 92 valence electrons. The third kappa shape index (κ3) is 1.61. The van der Waals surface area contributed by atoms with Crippen LogP contribution >= 0.6 is 0 Å². The van der Waals surface area contributed by atoms with Crippen LogP contribution in [0.4, 0.5) is 8.78 Å². The average molecular weight is 252 g/mol. The molecule has 0 radical (unpaired) electrons. The fraction of sp³-hybridized carbons (Fsp3) is 0.167. The molecule has 0 aromatic heterocycles. The smallest absolute Gasteiger partial charge is 0.381 e. The van der Waals surface area contributed by atoms with E-state index < -0.39 is 34.9 Å². The van der Waals surface area contributed by atoms with Crippen LogP contribution < -0.4 is 0 Å². The third-order valence-electron chi connectivity index (χ3n) is 2.60. The van der Waals surface area contributed by atoms with Gasteiger partial charge in [-0.15, -0.1) is 0 Å².